The lowest BCUT2D eigenvalue weighted by atomic mass is 9.86. The number of carbonyl (C=O) groups excluding carboxylic acids is 1. The van der Waals surface area contributed by atoms with E-state index in [2.05, 4.69) is 25.5 Å². The van der Waals surface area contributed by atoms with Crippen LogP contribution in [0.15, 0.2) is 72.8 Å². The zero-order chi connectivity index (χ0) is 21.9. The molecular weight excluding hydrogens is 418 g/mol. The normalized spacial score (nSPS) is 11.9. The van der Waals surface area contributed by atoms with Gasteiger partial charge in [-0.05, 0) is 34.7 Å². The van der Waals surface area contributed by atoms with Crippen molar-refractivity contribution >= 4 is 33.1 Å². The van der Waals surface area contributed by atoms with E-state index in [0.717, 1.165) is 5.56 Å². The molecule has 0 saturated heterocycles. The van der Waals surface area contributed by atoms with Crippen LogP contribution in [0, 0.1) is 0 Å². The smallest absolute Gasteiger partial charge is 0.236 e. The van der Waals surface area contributed by atoms with Crippen molar-refractivity contribution in [3.63, 3.8) is 0 Å². The van der Waals surface area contributed by atoms with Crippen LogP contribution in [0.5, 0.6) is 0 Å². The van der Waals surface area contributed by atoms with Crippen LogP contribution < -0.4 is 4.72 Å². The average molecular weight is 442 g/mol. The number of hydrogen-bond acceptors (Lipinski definition) is 3. The van der Waals surface area contributed by atoms with E-state index in [1.54, 1.807) is 60.7 Å². The molecule has 6 heteroatoms. The predicted octanol–water partition coefficient (Wildman–Crippen LogP) is 5.81. The minimum atomic E-state index is -3.69. The van der Waals surface area contributed by atoms with E-state index in [9.17, 15) is 13.2 Å². The summed E-state index contributed by atoms with van der Waals surface area (Å²) in [5.74, 6) is -0.415. The Hall–Kier alpha value is -2.63. The molecule has 0 saturated carbocycles. The molecule has 0 radical (unpaired) electrons. The highest BCUT2D eigenvalue weighted by Gasteiger charge is 2.17. The topological polar surface area (TPSA) is 63.2 Å². The Kier molecular flexibility index (Phi) is 6.34. The van der Waals surface area contributed by atoms with E-state index < -0.39 is 10.0 Å². The molecule has 0 fully saturated rings. The van der Waals surface area contributed by atoms with Crippen molar-refractivity contribution in [3.05, 3.63) is 100 Å². The van der Waals surface area contributed by atoms with Crippen molar-refractivity contribution in [2.45, 2.75) is 31.9 Å². The average Bonchev–Trinajstić information content (AvgIpc) is 2.68. The van der Waals surface area contributed by atoms with Gasteiger partial charge in [-0.1, -0.05) is 87.0 Å². The first kappa shape index (κ1) is 22.1. The second-order valence-electron chi connectivity index (χ2n) is 8.19. The summed E-state index contributed by atoms with van der Waals surface area (Å²) < 4.78 is 27.6. The summed E-state index contributed by atoms with van der Waals surface area (Å²) in [7, 11) is -3.69. The lowest BCUT2D eigenvalue weighted by molar-refractivity contribution is 0.103. The van der Waals surface area contributed by atoms with Gasteiger partial charge in [0.15, 0.2) is 5.78 Å². The van der Waals surface area contributed by atoms with Gasteiger partial charge in [-0.15, -0.1) is 0 Å². The van der Waals surface area contributed by atoms with Crippen molar-refractivity contribution in [3.8, 4) is 0 Å². The Morgan fingerprint density at radius 1 is 0.900 bits per heavy atom. The van der Waals surface area contributed by atoms with Crippen molar-refractivity contribution < 1.29 is 13.2 Å². The van der Waals surface area contributed by atoms with Crippen LogP contribution in [0.2, 0.25) is 5.02 Å². The van der Waals surface area contributed by atoms with Gasteiger partial charge >= 0.3 is 0 Å². The number of halogens is 1. The van der Waals surface area contributed by atoms with E-state index >= 15 is 0 Å². The summed E-state index contributed by atoms with van der Waals surface area (Å²) in [5, 5.41) is 0.394. The fraction of sp³-hybridized carbons (Fsp3) is 0.208. The third-order valence-corrected chi connectivity index (χ3v) is 6.32. The molecule has 0 aromatic heterocycles. The lowest BCUT2D eigenvalue weighted by Gasteiger charge is -2.19. The van der Waals surface area contributed by atoms with Gasteiger partial charge < -0.3 is 0 Å². The van der Waals surface area contributed by atoms with Crippen LogP contribution in [0.3, 0.4) is 0 Å². The number of sulfonamides is 1. The third kappa shape index (κ3) is 5.49. The maximum atomic E-state index is 12.9. The monoisotopic (exact) mass is 441 g/mol. The van der Waals surface area contributed by atoms with E-state index in [0.29, 0.717) is 27.4 Å². The summed E-state index contributed by atoms with van der Waals surface area (Å²) >= 11 is 6.07. The Balaban J connectivity index is 1.79. The summed E-state index contributed by atoms with van der Waals surface area (Å²) in [4.78, 5) is 12.9. The molecule has 3 aromatic carbocycles. The SMILES string of the molecule is CC(C)(C)c1ccc(C(=O)c2cccc(NS(=O)(=O)Cc3ccccc3Cl)c2)cc1. The minimum Gasteiger partial charge on any atom is -0.289 e. The third-order valence-electron chi connectivity index (χ3n) is 4.71. The summed E-state index contributed by atoms with van der Waals surface area (Å²) in [6, 6.07) is 20.8. The van der Waals surface area contributed by atoms with Crippen LogP contribution >= 0.6 is 11.6 Å². The molecule has 0 aliphatic rings. The maximum absolute atomic E-state index is 12.9. The molecule has 4 nitrogen and oxygen atoms in total. The number of benzene rings is 3. The minimum absolute atomic E-state index is 0.00141. The van der Waals surface area contributed by atoms with Gasteiger partial charge in [0.25, 0.3) is 0 Å². The number of anilines is 1. The highest BCUT2D eigenvalue weighted by molar-refractivity contribution is 7.91. The molecule has 30 heavy (non-hydrogen) atoms. The predicted molar refractivity (Wildman–Crippen MR) is 123 cm³/mol. The summed E-state index contributed by atoms with van der Waals surface area (Å²) in [6.45, 7) is 6.34. The van der Waals surface area contributed by atoms with Gasteiger partial charge in [0.1, 0.15) is 0 Å². The molecule has 156 valence electrons. The molecule has 0 bridgehead atoms. The van der Waals surface area contributed by atoms with Gasteiger partial charge in [0.05, 0.1) is 5.75 Å². The quantitative estimate of drug-likeness (QED) is 0.491. The van der Waals surface area contributed by atoms with Crippen LogP contribution in [0.25, 0.3) is 0 Å². The van der Waals surface area contributed by atoms with Crippen LogP contribution in [0.4, 0.5) is 5.69 Å². The van der Waals surface area contributed by atoms with E-state index in [1.807, 2.05) is 12.1 Å². The molecule has 3 aromatic rings. The van der Waals surface area contributed by atoms with Gasteiger partial charge in [-0.2, -0.15) is 0 Å². The molecule has 0 amide bonds. The molecular formula is C24H24ClNO3S. The summed E-state index contributed by atoms with van der Waals surface area (Å²) in [6.07, 6.45) is 0. The van der Waals surface area contributed by atoms with Crippen LogP contribution in [-0.2, 0) is 21.2 Å². The fourth-order valence-electron chi connectivity index (χ4n) is 3.05. The van der Waals surface area contributed by atoms with Crippen molar-refractivity contribution in [1.29, 1.82) is 0 Å². The first-order chi connectivity index (χ1) is 14.0. The number of carbonyl (C=O) groups is 1. The maximum Gasteiger partial charge on any atom is 0.236 e. The number of rotatable bonds is 6. The van der Waals surface area contributed by atoms with Crippen molar-refractivity contribution in [1.82, 2.24) is 0 Å². The fourth-order valence-corrected chi connectivity index (χ4v) is 4.55. The van der Waals surface area contributed by atoms with E-state index in [1.165, 1.54) is 0 Å². The van der Waals surface area contributed by atoms with Gasteiger partial charge in [-0.3, -0.25) is 9.52 Å². The van der Waals surface area contributed by atoms with Gasteiger partial charge in [-0.25, -0.2) is 8.42 Å². The zero-order valence-corrected chi connectivity index (χ0v) is 18.7. The largest absolute Gasteiger partial charge is 0.289 e. The van der Waals surface area contributed by atoms with Crippen molar-refractivity contribution in [2.24, 2.45) is 0 Å². The first-order valence-electron chi connectivity index (χ1n) is 9.54. The first-order valence-corrected chi connectivity index (χ1v) is 11.6. The highest BCUT2D eigenvalue weighted by Crippen LogP contribution is 2.24. The molecule has 3 rings (SSSR count). The number of ketones is 1. The molecule has 0 atom stereocenters. The van der Waals surface area contributed by atoms with Crippen LogP contribution in [0.1, 0.15) is 47.8 Å². The zero-order valence-electron chi connectivity index (χ0n) is 17.1. The molecule has 1 N–H and O–H groups in total. The standard InChI is InChI=1S/C24H24ClNO3S/c1-24(2,3)20-13-11-17(12-14-20)23(27)18-8-6-9-21(15-18)26-30(28,29)16-19-7-4-5-10-22(19)25/h4-15,26H,16H2,1-3H3. The summed E-state index contributed by atoms with van der Waals surface area (Å²) in [5.41, 5.74) is 2.95. The second-order valence-corrected chi connectivity index (χ2v) is 10.3. The lowest BCUT2D eigenvalue weighted by Crippen LogP contribution is -2.15. The highest BCUT2D eigenvalue weighted by atomic mass is 35.5. The molecule has 0 heterocycles. The van der Waals surface area contributed by atoms with Crippen molar-refractivity contribution in [2.75, 3.05) is 4.72 Å². The second kappa shape index (κ2) is 8.62. The van der Waals surface area contributed by atoms with E-state index in [4.69, 9.17) is 11.6 Å². The molecule has 0 aliphatic heterocycles. The molecule has 0 unspecified atom stereocenters. The number of nitrogens with one attached hydrogen (secondary N) is 1. The Morgan fingerprint density at radius 2 is 1.57 bits per heavy atom. The molecule has 0 aliphatic carbocycles. The van der Waals surface area contributed by atoms with Crippen LogP contribution in [-0.4, -0.2) is 14.2 Å². The van der Waals surface area contributed by atoms with Gasteiger partial charge in [0.2, 0.25) is 10.0 Å². The Morgan fingerprint density at radius 3 is 2.20 bits per heavy atom. The number of hydrogen-bond donors (Lipinski definition) is 1. The Labute approximate surface area is 183 Å². The Bertz CT molecular complexity index is 1160. The van der Waals surface area contributed by atoms with E-state index in [-0.39, 0.29) is 17.0 Å². The molecule has 0 spiro atoms. The van der Waals surface area contributed by atoms with Gasteiger partial charge in [0, 0.05) is 21.8 Å².